The molecule has 0 spiro atoms. The minimum absolute atomic E-state index is 0.0214. The molecule has 1 amide bonds. The second kappa shape index (κ2) is 6.14. The van der Waals surface area contributed by atoms with Gasteiger partial charge in [-0.25, -0.2) is 9.78 Å². The standard InChI is InChI=1S/C13H18N2O3S/c1-15(9-5-3-2-4-6-9)12(16)7-11-14-10(8-19-11)13(17)18/h8-9H,2-7H2,1H3,(H,17,18). The average Bonchev–Trinajstić information content (AvgIpc) is 2.87. The minimum atomic E-state index is -1.05. The van der Waals surface area contributed by atoms with Gasteiger partial charge in [0.2, 0.25) is 5.91 Å². The van der Waals surface area contributed by atoms with E-state index in [0.717, 1.165) is 12.8 Å². The highest BCUT2D eigenvalue weighted by atomic mass is 32.1. The van der Waals surface area contributed by atoms with Crippen LogP contribution in [0.25, 0.3) is 0 Å². The molecule has 1 aromatic heterocycles. The van der Waals surface area contributed by atoms with E-state index in [0.29, 0.717) is 11.0 Å². The fourth-order valence-electron chi connectivity index (χ4n) is 2.42. The van der Waals surface area contributed by atoms with Gasteiger partial charge in [-0.1, -0.05) is 19.3 Å². The van der Waals surface area contributed by atoms with Gasteiger partial charge < -0.3 is 10.0 Å². The lowest BCUT2D eigenvalue weighted by atomic mass is 9.94. The van der Waals surface area contributed by atoms with Crippen molar-refractivity contribution in [2.45, 2.75) is 44.6 Å². The first-order valence-corrected chi connectivity index (χ1v) is 7.39. The molecular weight excluding hydrogens is 264 g/mol. The van der Waals surface area contributed by atoms with Crippen LogP contribution in [0, 0.1) is 0 Å². The van der Waals surface area contributed by atoms with E-state index in [1.165, 1.54) is 36.0 Å². The molecule has 1 aromatic rings. The molecule has 2 rings (SSSR count). The topological polar surface area (TPSA) is 70.5 Å². The van der Waals surface area contributed by atoms with Gasteiger partial charge in [0.25, 0.3) is 0 Å². The Labute approximate surface area is 116 Å². The number of aromatic carboxylic acids is 1. The number of hydrogen-bond donors (Lipinski definition) is 1. The van der Waals surface area contributed by atoms with Crippen molar-refractivity contribution >= 4 is 23.2 Å². The normalized spacial score (nSPS) is 16.3. The Morgan fingerprint density at radius 2 is 2.11 bits per heavy atom. The average molecular weight is 282 g/mol. The largest absolute Gasteiger partial charge is 0.476 e. The van der Waals surface area contributed by atoms with Gasteiger partial charge in [0.05, 0.1) is 6.42 Å². The van der Waals surface area contributed by atoms with E-state index in [9.17, 15) is 9.59 Å². The summed E-state index contributed by atoms with van der Waals surface area (Å²) in [7, 11) is 1.84. The van der Waals surface area contributed by atoms with E-state index in [1.54, 1.807) is 4.90 Å². The highest BCUT2D eigenvalue weighted by Crippen LogP contribution is 2.22. The second-order valence-electron chi connectivity index (χ2n) is 4.90. The van der Waals surface area contributed by atoms with Gasteiger partial charge in [0.15, 0.2) is 5.69 Å². The zero-order valence-electron chi connectivity index (χ0n) is 11.0. The number of carbonyl (C=O) groups is 2. The Bertz CT molecular complexity index is 466. The number of nitrogens with zero attached hydrogens (tertiary/aromatic N) is 2. The summed E-state index contributed by atoms with van der Waals surface area (Å²) in [5.74, 6) is -1.02. The maximum Gasteiger partial charge on any atom is 0.355 e. The number of carbonyl (C=O) groups excluding carboxylic acids is 1. The summed E-state index contributed by atoms with van der Waals surface area (Å²) in [4.78, 5) is 28.6. The predicted molar refractivity (Wildman–Crippen MR) is 72.4 cm³/mol. The molecule has 0 aliphatic heterocycles. The number of aromatic nitrogens is 1. The lowest BCUT2D eigenvalue weighted by molar-refractivity contribution is -0.131. The second-order valence-corrected chi connectivity index (χ2v) is 5.85. The summed E-state index contributed by atoms with van der Waals surface area (Å²) in [6, 6.07) is 0.333. The van der Waals surface area contributed by atoms with Gasteiger partial charge in [0.1, 0.15) is 5.01 Å². The Hall–Kier alpha value is -1.43. The Kier molecular flexibility index (Phi) is 4.52. The van der Waals surface area contributed by atoms with Crippen molar-refractivity contribution in [1.29, 1.82) is 0 Å². The van der Waals surface area contributed by atoms with E-state index in [4.69, 9.17) is 5.11 Å². The summed E-state index contributed by atoms with van der Waals surface area (Å²) < 4.78 is 0. The van der Waals surface area contributed by atoms with Crippen LogP contribution in [0.3, 0.4) is 0 Å². The van der Waals surface area contributed by atoms with Crippen molar-refractivity contribution in [2.24, 2.45) is 0 Å². The van der Waals surface area contributed by atoms with Gasteiger partial charge in [0, 0.05) is 18.5 Å². The van der Waals surface area contributed by atoms with Crippen LogP contribution in [0.15, 0.2) is 5.38 Å². The molecule has 1 saturated carbocycles. The number of likely N-dealkylation sites (N-methyl/N-ethyl adjacent to an activating group) is 1. The SMILES string of the molecule is CN(C(=O)Cc1nc(C(=O)O)cs1)C1CCCCC1. The highest BCUT2D eigenvalue weighted by molar-refractivity contribution is 7.09. The molecule has 0 aromatic carbocycles. The number of amides is 1. The molecule has 0 bridgehead atoms. The van der Waals surface area contributed by atoms with Crippen LogP contribution in [0.4, 0.5) is 0 Å². The van der Waals surface area contributed by atoms with Crippen molar-refractivity contribution in [3.8, 4) is 0 Å². The number of carboxylic acids is 1. The summed E-state index contributed by atoms with van der Waals surface area (Å²) in [5.41, 5.74) is 0.0214. The quantitative estimate of drug-likeness (QED) is 0.918. The van der Waals surface area contributed by atoms with Crippen molar-refractivity contribution in [2.75, 3.05) is 7.05 Å². The van der Waals surface area contributed by atoms with E-state index in [1.807, 2.05) is 7.05 Å². The van der Waals surface area contributed by atoms with Gasteiger partial charge in [-0.3, -0.25) is 4.79 Å². The van der Waals surface area contributed by atoms with Gasteiger partial charge >= 0.3 is 5.97 Å². The van der Waals surface area contributed by atoms with Gasteiger partial charge in [-0.2, -0.15) is 0 Å². The van der Waals surface area contributed by atoms with Crippen molar-refractivity contribution in [3.05, 3.63) is 16.1 Å². The van der Waals surface area contributed by atoms with E-state index < -0.39 is 5.97 Å². The highest BCUT2D eigenvalue weighted by Gasteiger charge is 2.23. The molecule has 1 aliphatic rings. The lowest BCUT2D eigenvalue weighted by Gasteiger charge is -2.31. The molecule has 0 radical (unpaired) electrons. The molecule has 1 aliphatic carbocycles. The van der Waals surface area contributed by atoms with Crippen molar-refractivity contribution < 1.29 is 14.7 Å². The van der Waals surface area contributed by atoms with Crippen molar-refractivity contribution in [3.63, 3.8) is 0 Å². The zero-order valence-corrected chi connectivity index (χ0v) is 11.8. The third-order valence-electron chi connectivity index (χ3n) is 3.59. The number of carboxylic acid groups (broad SMARTS) is 1. The monoisotopic (exact) mass is 282 g/mol. The van der Waals surface area contributed by atoms with Crippen LogP contribution < -0.4 is 0 Å². The third kappa shape index (κ3) is 3.53. The van der Waals surface area contributed by atoms with Crippen LogP contribution in [0.5, 0.6) is 0 Å². The molecule has 1 N–H and O–H groups in total. The van der Waals surface area contributed by atoms with E-state index >= 15 is 0 Å². The third-order valence-corrected chi connectivity index (χ3v) is 4.44. The fraction of sp³-hybridized carbons (Fsp3) is 0.615. The van der Waals surface area contributed by atoms with Gasteiger partial charge in [-0.15, -0.1) is 11.3 Å². The maximum absolute atomic E-state index is 12.1. The first-order chi connectivity index (χ1) is 9.08. The molecule has 1 heterocycles. The Morgan fingerprint density at radius 1 is 1.42 bits per heavy atom. The molecule has 19 heavy (non-hydrogen) atoms. The van der Waals surface area contributed by atoms with Crippen LogP contribution in [0.1, 0.15) is 47.6 Å². The summed E-state index contributed by atoms with van der Waals surface area (Å²) >= 11 is 1.23. The van der Waals surface area contributed by atoms with E-state index in [-0.39, 0.29) is 18.0 Å². The minimum Gasteiger partial charge on any atom is -0.476 e. The van der Waals surface area contributed by atoms with Crippen LogP contribution >= 0.6 is 11.3 Å². The summed E-state index contributed by atoms with van der Waals surface area (Å²) in [6.45, 7) is 0. The maximum atomic E-state index is 12.1. The molecule has 6 heteroatoms. The number of rotatable bonds is 4. The van der Waals surface area contributed by atoms with Gasteiger partial charge in [-0.05, 0) is 12.8 Å². The summed E-state index contributed by atoms with van der Waals surface area (Å²) in [6.07, 6.45) is 5.96. The summed E-state index contributed by atoms with van der Waals surface area (Å²) in [5, 5.41) is 10.8. The lowest BCUT2D eigenvalue weighted by Crippen LogP contribution is -2.39. The molecule has 0 unspecified atom stereocenters. The first kappa shape index (κ1) is 14.0. The number of thiazole rings is 1. The Balaban J connectivity index is 1.93. The molecule has 1 fully saturated rings. The molecule has 0 saturated heterocycles. The van der Waals surface area contributed by atoms with E-state index in [2.05, 4.69) is 4.98 Å². The van der Waals surface area contributed by atoms with Crippen LogP contribution in [0.2, 0.25) is 0 Å². The smallest absolute Gasteiger partial charge is 0.355 e. The Morgan fingerprint density at radius 3 is 2.68 bits per heavy atom. The molecule has 5 nitrogen and oxygen atoms in total. The van der Waals surface area contributed by atoms with Crippen LogP contribution in [-0.2, 0) is 11.2 Å². The zero-order chi connectivity index (χ0) is 13.8. The first-order valence-electron chi connectivity index (χ1n) is 6.51. The molecule has 104 valence electrons. The fourth-order valence-corrected chi connectivity index (χ4v) is 3.18. The predicted octanol–water partition coefficient (Wildman–Crippen LogP) is 2.17. The number of hydrogen-bond acceptors (Lipinski definition) is 4. The molecular formula is C13H18N2O3S. The van der Waals surface area contributed by atoms with Crippen LogP contribution in [-0.4, -0.2) is 40.0 Å². The molecule has 0 atom stereocenters. The van der Waals surface area contributed by atoms with Crippen molar-refractivity contribution in [1.82, 2.24) is 9.88 Å².